The number of methoxy groups -OCH3 is 1. The molecule has 0 radical (unpaired) electrons. The molecule has 444 valence electrons. The van der Waals surface area contributed by atoms with E-state index < -0.39 is 0 Å². The van der Waals surface area contributed by atoms with Gasteiger partial charge in [-0.2, -0.15) is 9.13 Å². The lowest BCUT2D eigenvalue weighted by molar-refractivity contribution is -0.665. The molecule has 10 aromatic rings. The van der Waals surface area contributed by atoms with Crippen molar-refractivity contribution in [2.45, 2.75) is 61.6 Å². The summed E-state index contributed by atoms with van der Waals surface area (Å²) in [6.45, 7) is 6.51. The number of benzene rings is 8. The number of alkyl halides is 4. The largest absolute Gasteiger partial charge is 1.00 e. The zero-order valence-electron chi connectivity index (χ0n) is 48.5. The number of aromatic nitrogens is 2. The van der Waals surface area contributed by atoms with E-state index in [9.17, 15) is 0 Å². The number of hydrogen-bond acceptors (Lipinski definition) is 5. The molecule has 0 N–H and O–H groups in total. The summed E-state index contributed by atoms with van der Waals surface area (Å²) in [6.07, 6.45) is 18.2. The molecular formula is C73H73Br6N5OS. The van der Waals surface area contributed by atoms with E-state index in [1.54, 1.807) is 7.11 Å². The van der Waals surface area contributed by atoms with Crippen molar-refractivity contribution in [2.24, 2.45) is 0 Å². The number of aryl methyl sites for hydroxylation is 2. The van der Waals surface area contributed by atoms with Crippen LogP contribution in [0.1, 0.15) is 59.0 Å². The van der Waals surface area contributed by atoms with Crippen molar-refractivity contribution in [3.63, 3.8) is 0 Å². The number of piperidine rings is 1. The molecule has 14 rings (SSSR count). The lowest BCUT2D eigenvalue weighted by Crippen LogP contribution is -3.00. The van der Waals surface area contributed by atoms with Crippen LogP contribution in [0.3, 0.4) is 0 Å². The zero-order valence-corrected chi connectivity index (χ0v) is 58.8. The fourth-order valence-corrected chi connectivity index (χ4v) is 15.7. The average molecular weight is 1550 g/mol. The SMILES string of the molecule is BrCCN1C2C=CC=CC2c2ccccc2C1N1CCCCC1.BrCC[n+]1cc2ccccc2c2ccccc21.BrCC[n+]1cc2ccccc2c2ccccc21.COc1ccc(CSC2c3ccccc3-c3ccccc3N2CCBr)cc1.[Br-].[Br-]. The number of hydrogen-bond donors (Lipinski definition) is 0. The average Bonchev–Trinajstić information content (AvgIpc) is 1.05. The number of pyridine rings is 2. The molecule has 4 atom stereocenters. The number of allylic oxidation sites excluding steroid dienone is 2. The second kappa shape index (κ2) is 32.7. The Hall–Kier alpha value is -4.67. The summed E-state index contributed by atoms with van der Waals surface area (Å²) < 4.78 is 9.90. The van der Waals surface area contributed by atoms with E-state index in [-0.39, 0.29) is 34.0 Å². The topological polar surface area (TPSA) is 26.7 Å². The third-order valence-corrected chi connectivity index (χ3v) is 19.3. The minimum absolute atomic E-state index is 0. The maximum absolute atomic E-state index is 5.28. The van der Waals surface area contributed by atoms with Crippen LogP contribution in [-0.4, -0.2) is 70.5 Å². The maximum Gasteiger partial charge on any atom is 0.213 e. The first-order valence-electron chi connectivity index (χ1n) is 29.5. The first-order chi connectivity index (χ1) is 41.5. The third kappa shape index (κ3) is 15.0. The Labute approximate surface area is 567 Å². The Morgan fingerprint density at radius 3 is 1.60 bits per heavy atom. The van der Waals surface area contributed by atoms with E-state index in [4.69, 9.17) is 4.74 Å². The molecule has 0 spiro atoms. The summed E-state index contributed by atoms with van der Waals surface area (Å²) in [5.41, 5.74) is 12.4. The summed E-state index contributed by atoms with van der Waals surface area (Å²) in [5.74, 6) is 2.36. The molecule has 1 fully saturated rings. The molecule has 4 aliphatic rings. The normalized spacial score (nSPS) is 17.4. The minimum atomic E-state index is 0. The van der Waals surface area contributed by atoms with Crippen LogP contribution < -0.4 is 52.7 Å². The molecular weight excluding hydrogens is 1470 g/mol. The summed E-state index contributed by atoms with van der Waals surface area (Å²) >= 11 is 16.4. The van der Waals surface area contributed by atoms with Crippen LogP contribution in [0, 0.1) is 0 Å². The highest BCUT2D eigenvalue weighted by Gasteiger charge is 2.41. The number of thioether (sulfide) groups is 1. The first-order valence-corrected chi connectivity index (χ1v) is 35.0. The highest BCUT2D eigenvalue weighted by Crippen LogP contribution is 2.50. The Kier molecular flexibility index (Phi) is 25.0. The number of ether oxygens (including phenoxy) is 1. The van der Waals surface area contributed by atoms with Crippen molar-refractivity contribution in [2.75, 3.05) is 59.5 Å². The van der Waals surface area contributed by atoms with Crippen LogP contribution in [0.2, 0.25) is 0 Å². The third-order valence-electron chi connectivity index (χ3n) is 16.6. The van der Waals surface area contributed by atoms with Gasteiger partial charge in [-0.15, -0.1) is 11.8 Å². The van der Waals surface area contributed by atoms with E-state index in [1.807, 2.05) is 23.9 Å². The number of fused-ring (bicyclic) bond motifs is 12. The van der Waals surface area contributed by atoms with Gasteiger partial charge in [0.25, 0.3) is 0 Å². The molecule has 0 amide bonds. The molecule has 0 bridgehead atoms. The Morgan fingerprint density at radius 1 is 0.500 bits per heavy atom. The van der Waals surface area contributed by atoms with Crippen LogP contribution in [0.4, 0.5) is 5.69 Å². The first kappa shape index (κ1) is 65.8. The van der Waals surface area contributed by atoms with Crippen molar-refractivity contribution >= 4 is 125 Å². The number of rotatable bonds is 13. The van der Waals surface area contributed by atoms with Gasteiger partial charge < -0.3 is 43.6 Å². The standard InChI is InChI=1S/C23H22BrNOS.C20H25BrN2.2C15H13BrN.2BrH/c1-26-18-12-10-17(11-13-18)16-27-23-21-8-3-2-6-19(21)20-7-4-5-9-22(20)25(23)15-14-24;21-12-15-23-19-11-5-4-9-17(19)16-8-2-3-10-18(16)20(23)22-13-6-1-7-14-22;2*16-9-10-17-11-12-5-1-2-6-13(12)14-7-3-4-8-15(14)17;;/h2-13,23H,14-16H2,1H3;2-5,8-11,17,19-20H,1,6-7,12-15H2;2*1-8,11H,9-10H2;2*1H/q;;2*+1;;/p-2. The van der Waals surface area contributed by atoms with Crippen molar-refractivity contribution in [3.8, 4) is 16.9 Å². The van der Waals surface area contributed by atoms with Gasteiger partial charge >= 0.3 is 0 Å². The monoisotopic (exact) mass is 1540 g/mol. The van der Waals surface area contributed by atoms with E-state index in [2.05, 4.69) is 306 Å². The second-order valence-electron chi connectivity index (χ2n) is 21.5. The maximum atomic E-state index is 5.28. The Morgan fingerprint density at radius 2 is 1.01 bits per heavy atom. The number of likely N-dealkylation sites (tertiary alicyclic amines) is 1. The van der Waals surface area contributed by atoms with Crippen LogP contribution >= 0.6 is 75.5 Å². The molecule has 86 heavy (non-hydrogen) atoms. The van der Waals surface area contributed by atoms with Crippen molar-refractivity contribution in [1.82, 2.24) is 9.80 Å². The van der Waals surface area contributed by atoms with Gasteiger partial charge in [0.2, 0.25) is 11.0 Å². The zero-order chi connectivity index (χ0) is 57.6. The quantitative estimate of drug-likeness (QED) is 0.0651. The van der Waals surface area contributed by atoms with Crippen LogP contribution in [-0.2, 0) is 18.8 Å². The molecule has 8 aromatic carbocycles. The molecule has 1 saturated heterocycles. The molecule has 4 unspecified atom stereocenters. The van der Waals surface area contributed by atoms with Crippen molar-refractivity contribution in [3.05, 3.63) is 253 Å². The molecule has 0 saturated carbocycles. The Balaban J connectivity index is 0.000000138. The summed E-state index contributed by atoms with van der Waals surface area (Å²) in [4.78, 5) is 7.96. The minimum Gasteiger partial charge on any atom is -1.00 e. The van der Waals surface area contributed by atoms with E-state index >= 15 is 0 Å². The lowest BCUT2D eigenvalue weighted by atomic mass is 9.79. The smallest absolute Gasteiger partial charge is 0.213 e. The number of nitrogens with zero attached hydrogens (tertiary/aromatic N) is 5. The van der Waals surface area contributed by atoms with Crippen molar-refractivity contribution < 1.29 is 47.8 Å². The van der Waals surface area contributed by atoms with Gasteiger partial charge in [-0.25, -0.2) is 0 Å². The van der Waals surface area contributed by atoms with Gasteiger partial charge in [0.1, 0.15) is 11.1 Å². The highest BCUT2D eigenvalue weighted by atomic mass is 79.9. The van der Waals surface area contributed by atoms with E-state index in [1.165, 1.54) is 115 Å². The predicted molar refractivity (Wildman–Crippen MR) is 371 cm³/mol. The van der Waals surface area contributed by atoms with Gasteiger partial charge in [-0.05, 0) is 96.2 Å². The number of para-hydroxylation sites is 3. The molecule has 1 aliphatic carbocycles. The van der Waals surface area contributed by atoms with Gasteiger partial charge in [0.15, 0.2) is 25.5 Å². The van der Waals surface area contributed by atoms with Crippen molar-refractivity contribution in [1.29, 1.82) is 0 Å². The lowest BCUT2D eigenvalue weighted by Gasteiger charge is -2.51. The predicted octanol–water partition coefficient (Wildman–Crippen LogP) is 12.3. The van der Waals surface area contributed by atoms with Crippen LogP contribution in [0.5, 0.6) is 5.75 Å². The fourth-order valence-electron chi connectivity index (χ4n) is 12.8. The Bertz CT molecular complexity index is 3760. The molecule has 5 heterocycles. The molecule has 2 aromatic heterocycles. The van der Waals surface area contributed by atoms with Gasteiger partial charge in [0, 0.05) is 86.4 Å². The number of anilines is 1. The van der Waals surface area contributed by atoms with Gasteiger partial charge in [0.05, 0.1) is 34.7 Å². The fraction of sp³-hybridized carbons (Fsp3) is 0.260. The molecule has 3 aliphatic heterocycles. The number of halogens is 6. The van der Waals surface area contributed by atoms with Gasteiger partial charge in [-0.1, -0.05) is 234 Å². The van der Waals surface area contributed by atoms with E-state index in [0.29, 0.717) is 23.5 Å². The molecule has 13 heteroatoms. The highest BCUT2D eigenvalue weighted by molar-refractivity contribution is 9.09. The van der Waals surface area contributed by atoms with Gasteiger partial charge in [-0.3, -0.25) is 9.80 Å². The van der Waals surface area contributed by atoms with Crippen LogP contribution in [0.15, 0.2) is 231 Å². The van der Waals surface area contributed by atoms with Crippen LogP contribution in [0.25, 0.3) is 54.5 Å². The molecule has 6 nitrogen and oxygen atoms in total. The summed E-state index contributed by atoms with van der Waals surface area (Å²) in [5, 5.41) is 12.1. The second-order valence-corrected chi connectivity index (χ2v) is 25.8. The summed E-state index contributed by atoms with van der Waals surface area (Å²) in [7, 11) is 1.71. The summed E-state index contributed by atoms with van der Waals surface area (Å²) in [6, 6.07) is 69.9. The van der Waals surface area contributed by atoms with E-state index in [0.717, 1.165) is 59.0 Å².